The second-order valence-corrected chi connectivity index (χ2v) is 3.98. The maximum absolute atomic E-state index is 11.4. The molecule has 0 aromatic carbocycles. The van der Waals surface area contributed by atoms with Gasteiger partial charge in [0.05, 0.1) is 13.7 Å². The van der Waals surface area contributed by atoms with E-state index in [1.165, 1.54) is 7.11 Å². The van der Waals surface area contributed by atoms with Crippen LogP contribution in [-0.4, -0.2) is 50.6 Å². The summed E-state index contributed by atoms with van der Waals surface area (Å²) in [4.78, 5) is 24.7. The van der Waals surface area contributed by atoms with Crippen LogP contribution < -0.4 is 5.32 Å². The molecule has 18 heavy (non-hydrogen) atoms. The van der Waals surface area contributed by atoms with Gasteiger partial charge in [-0.2, -0.15) is 0 Å². The Labute approximate surface area is 109 Å². The highest BCUT2D eigenvalue weighted by Crippen LogP contribution is 2.04. The van der Waals surface area contributed by atoms with Crippen molar-refractivity contribution >= 4 is 11.9 Å². The van der Waals surface area contributed by atoms with Crippen LogP contribution >= 0.6 is 0 Å². The van der Waals surface area contributed by atoms with Crippen molar-refractivity contribution in [1.82, 2.24) is 10.2 Å². The number of esters is 1. The summed E-state index contributed by atoms with van der Waals surface area (Å²) < 4.78 is 4.69. The summed E-state index contributed by atoms with van der Waals surface area (Å²) in [6, 6.07) is 0. The van der Waals surface area contributed by atoms with E-state index in [0.29, 0.717) is 25.1 Å². The van der Waals surface area contributed by atoms with Crippen molar-refractivity contribution in [3.63, 3.8) is 0 Å². The standard InChI is InChI=1S/C13H24N2O3/c1-5-8-15(10-12(16)14-3)9-7-11(6-2)13(17)18-4/h7H,5-6,8-10H2,1-4H3,(H,14,16). The van der Waals surface area contributed by atoms with E-state index in [-0.39, 0.29) is 11.9 Å². The molecule has 0 rings (SSSR count). The Hall–Kier alpha value is -1.36. The fourth-order valence-corrected chi connectivity index (χ4v) is 1.58. The first-order chi connectivity index (χ1) is 8.58. The number of methoxy groups -OCH3 is 1. The van der Waals surface area contributed by atoms with Gasteiger partial charge in [-0.1, -0.05) is 19.9 Å². The Balaban J connectivity index is 4.51. The highest BCUT2D eigenvalue weighted by atomic mass is 16.5. The van der Waals surface area contributed by atoms with Gasteiger partial charge in [0.1, 0.15) is 0 Å². The largest absolute Gasteiger partial charge is 0.466 e. The number of carbonyl (C=O) groups excluding carboxylic acids is 2. The van der Waals surface area contributed by atoms with E-state index in [9.17, 15) is 9.59 Å². The van der Waals surface area contributed by atoms with Crippen LogP contribution in [0.3, 0.4) is 0 Å². The highest BCUT2D eigenvalue weighted by molar-refractivity contribution is 5.88. The Kier molecular flexibility index (Phi) is 8.92. The van der Waals surface area contributed by atoms with E-state index in [1.807, 2.05) is 17.9 Å². The van der Waals surface area contributed by atoms with Crippen LogP contribution in [0, 0.1) is 0 Å². The van der Waals surface area contributed by atoms with Crippen molar-refractivity contribution in [2.75, 3.05) is 33.8 Å². The number of nitrogens with zero attached hydrogens (tertiary/aromatic N) is 1. The van der Waals surface area contributed by atoms with Crippen LogP contribution in [0.2, 0.25) is 0 Å². The third-order valence-electron chi connectivity index (χ3n) is 2.61. The zero-order valence-corrected chi connectivity index (χ0v) is 11.8. The summed E-state index contributed by atoms with van der Waals surface area (Å²) in [6.07, 6.45) is 3.43. The van der Waals surface area contributed by atoms with Crippen molar-refractivity contribution in [2.24, 2.45) is 0 Å². The summed E-state index contributed by atoms with van der Waals surface area (Å²) in [5.74, 6) is -0.318. The van der Waals surface area contributed by atoms with E-state index in [1.54, 1.807) is 7.05 Å². The molecule has 0 aliphatic carbocycles. The van der Waals surface area contributed by atoms with Crippen molar-refractivity contribution in [3.05, 3.63) is 11.6 Å². The first kappa shape index (κ1) is 16.6. The summed E-state index contributed by atoms with van der Waals surface area (Å²) in [7, 11) is 2.99. The molecule has 5 heteroatoms. The Morgan fingerprint density at radius 1 is 1.33 bits per heavy atom. The van der Waals surface area contributed by atoms with E-state index < -0.39 is 0 Å². The Morgan fingerprint density at radius 2 is 2.00 bits per heavy atom. The molecule has 0 aromatic rings. The highest BCUT2D eigenvalue weighted by Gasteiger charge is 2.10. The molecule has 0 aromatic heterocycles. The summed E-state index contributed by atoms with van der Waals surface area (Å²) >= 11 is 0. The molecule has 5 nitrogen and oxygen atoms in total. The molecule has 0 aliphatic rings. The van der Waals surface area contributed by atoms with Crippen LogP contribution in [0.5, 0.6) is 0 Å². The van der Waals surface area contributed by atoms with Crippen molar-refractivity contribution in [1.29, 1.82) is 0 Å². The minimum absolute atomic E-state index is 0.0204. The van der Waals surface area contributed by atoms with Gasteiger partial charge in [0.25, 0.3) is 0 Å². The second-order valence-electron chi connectivity index (χ2n) is 3.98. The van der Waals surface area contributed by atoms with E-state index in [4.69, 9.17) is 4.74 Å². The third-order valence-corrected chi connectivity index (χ3v) is 2.61. The lowest BCUT2D eigenvalue weighted by molar-refractivity contribution is -0.136. The number of likely N-dealkylation sites (N-methyl/N-ethyl adjacent to an activating group) is 1. The first-order valence-corrected chi connectivity index (χ1v) is 6.29. The average Bonchev–Trinajstić information content (AvgIpc) is 2.38. The zero-order chi connectivity index (χ0) is 14.0. The van der Waals surface area contributed by atoms with Crippen LogP contribution in [-0.2, 0) is 14.3 Å². The molecule has 0 aliphatic heterocycles. The van der Waals surface area contributed by atoms with Gasteiger partial charge >= 0.3 is 5.97 Å². The number of rotatable bonds is 8. The Morgan fingerprint density at radius 3 is 2.44 bits per heavy atom. The van der Waals surface area contributed by atoms with Gasteiger partial charge in [-0.25, -0.2) is 4.79 Å². The summed E-state index contributed by atoms with van der Waals surface area (Å²) in [5.41, 5.74) is 0.649. The lowest BCUT2D eigenvalue weighted by atomic mass is 10.2. The fourth-order valence-electron chi connectivity index (χ4n) is 1.58. The molecule has 0 fully saturated rings. The lowest BCUT2D eigenvalue weighted by Crippen LogP contribution is -2.36. The van der Waals surface area contributed by atoms with Gasteiger partial charge in [-0.15, -0.1) is 0 Å². The van der Waals surface area contributed by atoms with Crippen LogP contribution in [0.15, 0.2) is 11.6 Å². The SMILES string of the molecule is CCCN(CC=C(CC)C(=O)OC)CC(=O)NC. The predicted molar refractivity (Wildman–Crippen MR) is 71.2 cm³/mol. The van der Waals surface area contributed by atoms with Gasteiger partial charge in [0, 0.05) is 19.2 Å². The number of ether oxygens (including phenoxy) is 1. The molecule has 0 unspecified atom stereocenters. The minimum Gasteiger partial charge on any atom is -0.466 e. The zero-order valence-electron chi connectivity index (χ0n) is 11.8. The molecular weight excluding hydrogens is 232 g/mol. The van der Waals surface area contributed by atoms with E-state index >= 15 is 0 Å². The molecule has 0 bridgehead atoms. The average molecular weight is 256 g/mol. The molecule has 1 amide bonds. The van der Waals surface area contributed by atoms with Crippen molar-refractivity contribution in [2.45, 2.75) is 26.7 Å². The van der Waals surface area contributed by atoms with Gasteiger partial charge in [0.2, 0.25) is 5.91 Å². The van der Waals surface area contributed by atoms with Crippen molar-refractivity contribution in [3.8, 4) is 0 Å². The molecule has 0 radical (unpaired) electrons. The first-order valence-electron chi connectivity index (χ1n) is 6.29. The molecule has 104 valence electrons. The number of hydrogen-bond acceptors (Lipinski definition) is 4. The van der Waals surface area contributed by atoms with Crippen LogP contribution in [0.4, 0.5) is 0 Å². The topological polar surface area (TPSA) is 58.6 Å². The quantitative estimate of drug-likeness (QED) is 0.519. The molecule has 0 heterocycles. The predicted octanol–water partition coefficient (Wildman–Crippen LogP) is 0.954. The molecular formula is C13H24N2O3. The number of carbonyl (C=O) groups is 2. The maximum Gasteiger partial charge on any atom is 0.333 e. The molecule has 0 spiro atoms. The smallest absolute Gasteiger partial charge is 0.333 e. The summed E-state index contributed by atoms with van der Waals surface area (Å²) in [6.45, 7) is 5.72. The minimum atomic E-state index is -0.297. The second kappa shape index (κ2) is 9.65. The number of nitrogens with one attached hydrogen (secondary N) is 1. The fraction of sp³-hybridized carbons (Fsp3) is 0.692. The van der Waals surface area contributed by atoms with E-state index in [0.717, 1.165) is 13.0 Å². The lowest BCUT2D eigenvalue weighted by Gasteiger charge is -2.19. The maximum atomic E-state index is 11.4. The molecule has 0 atom stereocenters. The molecule has 0 saturated heterocycles. The third kappa shape index (κ3) is 6.39. The Bertz CT molecular complexity index is 301. The van der Waals surface area contributed by atoms with Crippen LogP contribution in [0.25, 0.3) is 0 Å². The van der Waals surface area contributed by atoms with Gasteiger partial charge in [-0.05, 0) is 19.4 Å². The van der Waals surface area contributed by atoms with Crippen LogP contribution in [0.1, 0.15) is 26.7 Å². The normalized spacial score (nSPS) is 11.5. The molecule has 1 N–H and O–H groups in total. The number of hydrogen-bond donors (Lipinski definition) is 1. The van der Waals surface area contributed by atoms with Gasteiger partial charge in [-0.3, -0.25) is 9.69 Å². The summed E-state index contributed by atoms with van der Waals surface area (Å²) in [5, 5.41) is 2.60. The van der Waals surface area contributed by atoms with E-state index in [2.05, 4.69) is 12.2 Å². The molecule has 0 saturated carbocycles. The van der Waals surface area contributed by atoms with Crippen molar-refractivity contribution < 1.29 is 14.3 Å². The monoisotopic (exact) mass is 256 g/mol. The number of amides is 1. The van der Waals surface area contributed by atoms with Gasteiger partial charge < -0.3 is 10.1 Å². The van der Waals surface area contributed by atoms with Gasteiger partial charge in [0.15, 0.2) is 0 Å².